The Bertz CT molecular complexity index is 924. The van der Waals surface area contributed by atoms with Crippen molar-refractivity contribution >= 4 is 23.0 Å². The minimum Gasteiger partial charge on any atom is -0.490 e. The molecule has 1 aliphatic heterocycles. The molecule has 1 atom stereocenters. The van der Waals surface area contributed by atoms with Crippen LogP contribution in [0.5, 0.6) is 5.75 Å². The van der Waals surface area contributed by atoms with Gasteiger partial charge in [0.05, 0.1) is 36.2 Å². The molecule has 28 heavy (non-hydrogen) atoms. The minimum absolute atomic E-state index is 0.0901. The second-order valence-electron chi connectivity index (χ2n) is 6.77. The summed E-state index contributed by atoms with van der Waals surface area (Å²) < 4.78 is 49.2. The zero-order chi connectivity index (χ0) is 20.6. The SMILES string of the molecule is COc1cc(N2CC[C@@H](c3ccc(Cl)c(C)c3)C(F)(F)C2)c(F)cc1[N+](=O)[O-]. The average Bonchev–Trinajstić information content (AvgIpc) is 2.63. The normalized spacial score (nSPS) is 18.8. The lowest BCUT2D eigenvalue weighted by Crippen LogP contribution is -2.47. The molecule has 150 valence electrons. The van der Waals surface area contributed by atoms with Gasteiger partial charge in [-0.25, -0.2) is 13.2 Å². The van der Waals surface area contributed by atoms with Crippen LogP contribution in [0.3, 0.4) is 0 Å². The van der Waals surface area contributed by atoms with E-state index in [1.54, 1.807) is 25.1 Å². The van der Waals surface area contributed by atoms with Gasteiger partial charge in [-0.3, -0.25) is 10.1 Å². The topological polar surface area (TPSA) is 55.6 Å². The number of rotatable bonds is 4. The van der Waals surface area contributed by atoms with Crippen molar-refractivity contribution in [1.82, 2.24) is 0 Å². The van der Waals surface area contributed by atoms with Crippen molar-refractivity contribution in [2.24, 2.45) is 0 Å². The molecule has 0 bridgehead atoms. The molecular weight excluding hydrogens is 397 g/mol. The van der Waals surface area contributed by atoms with Gasteiger partial charge in [-0.15, -0.1) is 0 Å². The number of nitrogens with zero attached hydrogens (tertiary/aromatic N) is 2. The van der Waals surface area contributed by atoms with Gasteiger partial charge in [0.15, 0.2) is 11.6 Å². The van der Waals surface area contributed by atoms with Gasteiger partial charge in [0.1, 0.15) is 0 Å². The van der Waals surface area contributed by atoms with E-state index in [1.807, 2.05) is 0 Å². The van der Waals surface area contributed by atoms with Gasteiger partial charge in [0, 0.05) is 17.6 Å². The Morgan fingerprint density at radius 2 is 2.04 bits per heavy atom. The van der Waals surface area contributed by atoms with Crippen LogP contribution < -0.4 is 9.64 Å². The molecule has 1 aliphatic rings. The van der Waals surface area contributed by atoms with Gasteiger partial charge in [0.25, 0.3) is 5.92 Å². The van der Waals surface area contributed by atoms with Gasteiger partial charge in [-0.05, 0) is 30.5 Å². The van der Waals surface area contributed by atoms with Crippen LogP contribution in [0.25, 0.3) is 0 Å². The van der Waals surface area contributed by atoms with Crippen LogP contribution in [0.15, 0.2) is 30.3 Å². The first kappa shape index (κ1) is 20.3. The molecule has 0 aliphatic carbocycles. The van der Waals surface area contributed by atoms with E-state index < -0.39 is 34.8 Å². The summed E-state index contributed by atoms with van der Waals surface area (Å²) in [5.74, 6) is -5.27. The molecule has 2 aromatic carbocycles. The number of benzene rings is 2. The number of anilines is 1. The fraction of sp³-hybridized carbons (Fsp3) is 0.368. The standard InChI is InChI=1S/C19H18ClF3N2O3/c1-11-7-12(3-4-14(11)20)13-5-6-24(10-19(13,22)23)16-9-18(28-2)17(25(26)27)8-15(16)21/h3-4,7-9,13H,5-6,10H2,1-2H3/t13-/m0/s1. The third-order valence-corrected chi connectivity index (χ3v) is 5.39. The summed E-state index contributed by atoms with van der Waals surface area (Å²) in [6.07, 6.45) is 0.0901. The largest absolute Gasteiger partial charge is 0.490 e. The summed E-state index contributed by atoms with van der Waals surface area (Å²) in [5, 5.41) is 11.5. The lowest BCUT2D eigenvalue weighted by atomic mass is 9.85. The number of nitro benzene ring substituents is 1. The number of hydrogen-bond acceptors (Lipinski definition) is 4. The van der Waals surface area contributed by atoms with Crippen LogP contribution in [-0.2, 0) is 0 Å². The van der Waals surface area contributed by atoms with Crippen molar-refractivity contribution in [2.75, 3.05) is 25.1 Å². The molecule has 1 heterocycles. The Morgan fingerprint density at radius 3 is 2.61 bits per heavy atom. The highest BCUT2D eigenvalue weighted by molar-refractivity contribution is 6.31. The molecule has 3 rings (SSSR count). The van der Waals surface area contributed by atoms with E-state index in [-0.39, 0.29) is 24.4 Å². The van der Waals surface area contributed by atoms with Crippen LogP contribution in [0, 0.1) is 22.9 Å². The van der Waals surface area contributed by atoms with Crippen molar-refractivity contribution in [3.63, 3.8) is 0 Å². The molecule has 5 nitrogen and oxygen atoms in total. The zero-order valence-corrected chi connectivity index (χ0v) is 16.0. The monoisotopic (exact) mass is 414 g/mol. The number of ether oxygens (including phenoxy) is 1. The molecular formula is C19H18ClF3N2O3. The summed E-state index contributed by atoms with van der Waals surface area (Å²) >= 11 is 5.98. The second-order valence-corrected chi connectivity index (χ2v) is 7.17. The molecule has 0 aromatic heterocycles. The first-order chi connectivity index (χ1) is 13.1. The number of alkyl halides is 2. The maximum atomic E-state index is 14.9. The number of aryl methyl sites for hydroxylation is 1. The number of halogens is 4. The van der Waals surface area contributed by atoms with Gasteiger partial charge < -0.3 is 9.64 Å². The molecule has 1 saturated heterocycles. The van der Waals surface area contributed by atoms with E-state index in [9.17, 15) is 23.3 Å². The molecule has 0 spiro atoms. The van der Waals surface area contributed by atoms with Crippen LogP contribution in [-0.4, -0.2) is 31.0 Å². The van der Waals surface area contributed by atoms with Crippen molar-refractivity contribution in [1.29, 1.82) is 0 Å². The highest BCUT2D eigenvalue weighted by atomic mass is 35.5. The van der Waals surface area contributed by atoms with Gasteiger partial charge >= 0.3 is 5.69 Å². The summed E-state index contributed by atoms with van der Waals surface area (Å²) in [6, 6.07) is 6.61. The fourth-order valence-electron chi connectivity index (χ4n) is 3.52. The quantitative estimate of drug-likeness (QED) is 0.501. The molecule has 0 N–H and O–H groups in total. The fourth-order valence-corrected chi connectivity index (χ4v) is 3.64. The summed E-state index contributed by atoms with van der Waals surface area (Å²) in [7, 11) is 1.20. The Morgan fingerprint density at radius 1 is 1.32 bits per heavy atom. The van der Waals surface area contributed by atoms with Gasteiger partial charge in [0.2, 0.25) is 0 Å². The van der Waals surface area contributed by atoms with E-state index in [4.69, 9.17) is 16.3 Å². The lowest BCUT2D eigenvalue weighted by Gasteiger charge is -2.40. The second kappa shape index (κ2) is 7.50. The highest BCUT2D eigenvalue weighted by Crippen LogP contribution is 2.44. The lowest BCUT2D eigenvalue weighted by molar-refractivity contribution is -0.385. The smallest absolute Gasteiger partial charge is 0.313 e. The van der Waals surface area contributed by atoms with Crippen molar-refractivity contribution in [3.8, 4) is 5.75 Å². The molecule has 0 saturated carbocycles. The Balaban J connectivity index is 1.90. The van der Waals surface area contributed by atoms with E-state index in [2.05, 4.69) is 0 Å². The predicted molar refractivity (Wildman–Crippen MR) is 100 cm³/mol. The maximum absolute atomic E-state index is 14.9. The Labute approximate surface area is 164 Å². The van der Waals surface area contributed by atoms with Crippen molar-refractivity contribution in [2.45, 2.75) is 25.2 Å². The highest BCUT2D eigenvalue weighted by Gasteiger charge is 2.46. The number of piperidine rings is 1. The van der Waals surface area contributed by atoms with Crippen molar-refractivity contribution in [3.05, 3.63) is 62.4 Å². The van der Waals surface area contributed by atoms with Crippen molar-refractivity contribution < 1.29 is 22.8 Å². The first-order valence-electron chi connectivity index (χ1n) is 8.55. The maximum Gasteiger partial charge on any atom is 0.313 e. The predicted octanol–water partition coefficient (Wildman–Crippen LogP) is 5.33. The third-order valence-electron chi connectivity index (χ3n) is 4.97. The zero-order valence-electron chi connectivity index (χ0n) is 15.2. The number of methoxy groups -OCH3 is 1. The van der Waals surface area contributed by atoms with Gasteiger partial charge in [-0.2, -0.15) is 0 Å². The number of hydrogen-bond donors (Lipinski definition) is 0. The van der Waals surface area contributed by atoms with Gasteiger partial charge in [-0.1, -0.05) is 23.7 Å². The van der Waals surface area contributed by atoms with Crippen LogP contribution in [0.4, 0.5) is 24.5 Å². The minimum atomic E-state index is -3.13. The first-order valence-corrected chi connectivity index (χ1v) is 8.92. The molecule has 0 radical (unpaired) electrons. The summed E-state index contributed by atoms with van der Waals surface area (Å²) in [4.78, 5) is 11.4. The molecule has 2 aromatic rings. The average molecular weight is 415 g/mol. The van der Waals surface area contributed by atoms with E-state index in [0.29, 0.717) is 22.2 Å². The summed E-state index contributed by atoms with van der Waals surface area (Å²) in [5.41, 5.74) is 0.492. The van der Waals surface area contributed by atoms with E-state index in [0.717, 1.165) is 6.07 Å². The molecule has 9 heteroatoms. The molecule has 0 unspecified atom stereocenters. The Kier molecular flexibility index (Phi) is 5.43. The van der Waals surface area contributed by atoms with Crippen LogP contribution >= 0.6 is 11.6 Å². The molecule has 1 fully saturated rings. The summed E-state index contributed by atoms with van der Waals surface area (Å²) in [6.45, 7) is 1.20. The molecule has 0 amide bonds. The van der Waals surface area contributed by atoms with Crippen LogP contribution in [0.1, 0.15) is 23.5 Å². The number of nitro groups is 1. The van der Waals surface area contributed by atoms with E-state index in [1.165, 1.54) is 12.0 Å². The Hall–Kier alpha value is -2.48. The van der Waals surface area contributed by atoms with E-state index >= 15 is 0 Å². The van der Waals surface area contributed by atoms with Crippen LogP contribution in [0.2, 0.25) is 5.02 Å². The third kappa shape index (κ3) is 3.73.